The first-order valence-corrected chi connectivity index (χ1v) is 6.36. The van der Waals surface area contributed by atoms with E-state index in [1.165, 1.54) is 17.9 Å². The van der Waals surface area contributed by atoms with E-state index in [0.717, 1.165) is 17.2 Å². The van der Waals surface area contributed by atoms with Gasteiger partial charge in [0.05, 0.1) is 11.4 Å². The monoisotopic (exact) mass is 226 g/mol. The summed E-state index contributed by atoms with van der Waals surface area (Å²) in [6.45, 7) is 1.95. The molecule has 1 unspecified atom stereocenters. The molecule has 0 amide bonds. The van der Waals surface area contributed by atoms with E-state index in [2.05, 4.69) is 17.0 Å². The fourth-order valence-corrected chi connectivity index (χ4v) is 3.35. The van der Waals surface area contributed by atoms with Gasteiger partial charge >= 0.3 is 0 Å². The van der Waals surface area contributed by atoms with Crippen molar-refractivity contribution in [2.45, 2.75) is 19.4 Å². The summed E-state index contributed by atoms with van der Waals surface area (Å²) in [5.41, 5.74) is 7.78. The van der Waals surface area contributed by atoms with Crippen LogP contribution in [0, 0.1) is 6.92 Å². The summed E-state index contributed by atoms with van der Waals surface area (Å²) in [6, 6.07) is 0.604. The number of hydrogen-bond donors (Lipinski definition) is 1. The molecule has 2 rings (SSSR count). The van der Waals surface area contributed by atoms with Gasteiger partial charge in [0.15, 0.2) is 0 Å². The second-order valence-corrected chi connectivity index (χ2v) is 5.22. The summed E-state index contributed by atoms with van der Waals surface area (Å²) in [6.07, 6.45) is 1.24. The van der Waals surface area contributed by atoms with Gasteiger partial charge in [-0.25, -0.2) is 0 Å². The molecule has 1 atom stereocenters. The van der Waals surface area contributed by atoms with Crippen LogP contribution in [0.4, 0.5) is 11.5 Å². The molecule has 1 aliphatic heterocycles. The zero-order valence-electron chi connectivity index (χ0n) is 9.53. The SMILES string of the molecule is Cc1nn(C)c(N(C)C2CCSC2)c1N. The molecule has 1 fully saturated rings. The highest BCUT2D eigenvalue weighted by molar-refractivity contribution is 7.99. The molecule has 5 heteroatoms. The lowest BCUT2D eigenvalue weighted by atomic mass is 10.2. The minimum atomic E-state index is 0.604. The van der Waals surface area contributed by atoms with E-state index in [4.69, 9.17) is 5.73 Å². The topological polar surface area (TPSA) is 47.1 Å². The molecule has 4 nitrogen and oxygen atoms in total. The van der Waals surface area contributed by atoms with Crippen LogP contribution < -0.4 is 10.6 Å². The van der Waals surface area contributed by atoms with E-state index in [0.29, 0.717) is 6.04 Å². The molecule has 0 aliphatic carbocycles. The van der Waals surface area contributed by atoms with Gasteiger partial charge in [-0.15, -0.1) is 0 Å². The number of hydrogen-bond acceptors (Lipinski definition) is 4. The summed E-state index contributed by atoms with van der Waals surface area (Å²) < 4.78 is 1.88. The lowest BCUT2D eigenvalue weighted by Crippen LogP contribution is -2.33. The molecule has 2 N–H and O–H groups in total. The number of nitrogens with two attached hydrogens (primary N) is 1. The van der Waals surface area contributed by atoms with E-state index < -0.39 is 0 Å². The molecular weight excluding hydrogens is 208 g/mol. The number of thioether (sulfide) groups is 1. The van der Waals surface area contributed by atoms with Crippen molar-refractivity contribution in [1.82, 2.24) is 9.78 Å². The molecule has 0 radical (unpaired) electrons. The third-order valence-corrected chi connectivity index (χ3v) is 4.17. The van der Waals surface area contributed by atoms with Gasteiger partial charge in [0.1, 0.15) is 5.82 Å². The zero-order valence-corrected chi connectivity index (χ0v) is 10.3. The highest BCUT2D eigenvalue weighted by Gasteiger charge is 2.24. The average molecular weight is 226 g/mol. The third kappa shape index (κ3) is 1.80. The van der Waals surface area contributed by atoms with Gasteiger partial charge < -0.3 is 10.6 Å². The van der Waals surface area contributed by atoms with Crippen molar-refractivity contribution in [3.05, 3.63) is 5.69 Å². The van der Waals surface area contributed by atoms with Gasteiger partial charge in [-0.2, -0.15) is 16.9 Å². The van der Waals surface area contributed by atoms with Gasteiger partial charge in [-0.05, 0) is 19.1 Å². The van der Waals surface area contributed by atoms with E-state index >= 15 is 0 Å². The van der Waals surface area contributed by atoms with Crippen molar-refractivity contribution in [3.63, 3.8) is 0 Å². The van der Waals surface area contributed by atoms with Crippen LogP contribution in [0.2, 0.25) is 0 Å². The second kappa shape index (κ2) is 3.96. The number of anilines is 2. The number of rotatable bonds is 2. The van der Waals surface area contributed by atoms with Crippen molar-refractivity contribution in [3.8, 4) is 0 Å². The molecule has 0 saturated carbocycles. The number of nitrogens with zero attached hydrogens (tertiary/aromatic N) is 3. The maximum atomic E-state index is 6.04. The minimum absolute atomic E-state index is 0.604. The normalized spacial score (nSPS) is 20.9. The molecule has 1 saturated heterocycles. The van der Waals surface area contributed by atoms with Crippen molar-refractivity contribution >= 4 is 23.3 Å². The fraction of sp³-hybridized carbons (Fsp3) is 0.700. The molecule has 84 valence electrons. The number of aryl methyl sites for hydroxylation is 2. The molecule has 2 heterocycles. The number of aromatic nitrogens is 2. The number of nitrogen functional groups attached to an aromatic ring is 1. The third-order valence-electron chi connectivity index (χ3n) is 3.02. The Labute approximate surface area is 94.8 Å². The Bertz CT molecular complexity index is 355. The van der Waals surface area contributed by atoms with E-state index in [1.54, 1.807) is 0 Å². The second-order valence-electron chi connectivity index (χ2n) is 4.07. The highest BCUT2D eigenvalue weighted by Crippen LogP contribution is 2.30. The maximum absolute atomic E-state index is 6.04. The van der Waals surface area contributed by atoms with Crippen LogP contribution >= 0.6 is 11.8 Å². The fourth-order valence-electron chi connectivity index (χ4n) is 2.08. The van der Waals surface area contributed by atoms with Crippen LogP contribution in [0.5, 0.6) is 0 Å². The predicted molar refractivity (Wildman–Crippen MR) is 66.5 cm³/mol. The molecule has 0 bridgehead atoms. The van der Waals surface area contributed by atoms with Crippen LogP contribution in [0.25, 0.3) is 0 Å². The Morgan fingerprint density at radius 3 is 2.80 bits per heavy atom. The van der Waals surface area contributed by atoms with Gasteiger partial charge in [0.2, 0.25) is 0 Å². The molecule has 1 aromatic rings. The van der Waals surface area contributed by atoms with E-state index in [9.17, 15) is 0 Å². The van der Waals surface area contributed by atoms with Crippen molar-refractivity contribution in [1.29, 1.82) is 0 Å². The van der Waals surface area contributed by atoms with Gasteiger partial charge in [0.25, 0.3) is 0 Å². The quantitative estimate of drug-likeness (QED) is 0.824. The molecule has 15 heavy (non-hydrogen) atoms. The van der Waals surface area contributed by atoms with Gasteiger partial charge in [-0.1, -0.05) is 0 Å². The summed E-state index contributed by atoms with van der Waals surface area (Å²) >= 11 is 2.01. The smallest absolute Gasteiger partial charge is 0.150 e. The Hall–Kier alpha value is -0.840. The Balaban J connectivity index is 2.27. The first kappa shape index (κ1) is 10.7. The summed E-state index contributed by atoms with van der Waals surface area (Å²) in [7, 11) is 4.07. The molecule has 0 aromatic carbocycles. The first-order chi connectivity index (χ1) is 7.11. The summed E-state index contributed by atoms with van der Waals surface area (Å²) in [4.78, 5) is 2.27. The standard InChI is InChI=1S/C10H18N4S/c1-7-9(11)10(14(3)12-7)13(2)8-4-5-15-6-8/h8H,4-6,11H2,1-3H3. The Morgan fingerprint density at radius 1 is 1.60 bits per heavy atom. The van der Waals surface area contributed by atoms with Crippen LogP contribution in [0.3, 0.4) is 0 Å². The van der Waals surface area contributed by atoms with E-state index in [1.807, 2.05) is 30.4 Å². The van der Waals surface area contributed by atoms with Crippen molar-refractivity contribution in [2.75, 3.05) is 29.2 Å². The van der Waals surface area contributed by atoms with Gasteiger partial charge in [-0.3, -0.25) is 4.68 Å². The van der Waals surface area contributed by atoms with Crippen molar-refractivity contribution in [2.24, 2.45) is 7.05 Å². The van der Waals surface area contributed by atoms with Gasteiger partial charge in [0, 0.05) is 25.9 Å². The molecular formula is C10H18N4S. The minimum Gasteiger partial charge on any atom is -0.394 e. The Morgan fingerprint density at radius 2 is 2.33 bits per heavy atom. The Kier molecular flexibility index (Phi) is 2.82. The van der Waals surface area contributed by atoms with Crippen LogP contribution in [0.1, 0.15) is 12.1 Å². The molecule has 1 aliphatic rings. The molecule has 1 aromatic heterocycles. The lowest BCUT2D eigenvalue weighted by Gasteiger charge is -2.26. The van der Waals surface area contributed by atoms with E-state index in [-0.39, 0.29) is 0 Å². The van der Waals surface area contributed by atoms with Crippen LogP contribution in [-0.4, -0.2) is 34.4 Å². The summed E-state index contributed by atoms with van der Waals surface area (Å²) in [5, 5.41) is 4.35. The van der Waals surface area contributed by atoms with Crippen LogP contribution in [0.15, 0.2) is 0 Å². The first-order valence-electron chi connectivity index (χ1n) is 5.21. The van der Waals surface area contributed by atoms with Crippen LogP contribution in [-0.2, 0) is 7.05 Å². The largest absolute Gasteiger partial charge is 0.394 e. The summed E-state index contributed by atoms with van der Waals surface area (Å²) in [5.74, 6) is 3.51. The maximum Gasteiger partial charge on any atom is 0.150 e. The predicted octanol–water partition coefficient (Wildman–Crippen LogP) is 1.25. The molecule has 0 spiro atoms. The zero-order chi connectivity index (χ0) is 11.0. The van der Waals surface area contributed by atoms with Crippen molar-refractivity contribution < 1.29 is 0 Å². The lowest BCUT2D eigenvalue weighted by molar-refractivity contribution is 0.654. The average Bonchev–Trinajstić information content (AvgIpc) is 2.76. The highest BCUT2D eigenvalue weighted by atomic mass is 32.2.